The SMILES string of the molecule is Cc1sc2nc(CSC(C)C(=O)N3CCCC(C)C3)[nH]c(=O)c2c1C. The molecule has 25 heavy (non-hydrogen) atoms. The van der Waals surface area contributed by atoms with E-state index < -0.39 is 0 Å². The average Bonchev–Trinajstić information content (AvgIpc) is 2.86. The van der Waals surface area contributed by atoms with Gasteiger partial charge in [-0.25, -0.2) is 4.98 Å². The van der Waals surface area contributed by atoms with E-state index in [0.29, 0.717) is 22.9 Å². The molecule has 1 aliphatic rings. The molecule has 0 saturated carbocycles. The molecule has 2 atom stereocenters. The van der Waals surface area contributed by atoms with Crippen LogP contribution in [0.15, 0.2) is 4.79 Å². The average molecular weight is 380 g/mol. The number of thiophene rings is 1. The molecule has 0 radical (unpaired) electrons. The van der Waals surface area contributed by atoms with E-state index in [9.17, 15) is 9.59 Å². The van der Waals surface area contributed by atoms with Gasteiger partial charge in [-0.05, 0) is 45.1 Å². The van der Waals surface area contributed by atoms with E-state index in [2.05, 4.69) is 16.9 Å². The molecule has 7 heteroatoms. The van der Waals surface area contributed by atoms with Gasteiger partial charge in [0, 0.05) is 18.0 Å². The fourth-order valence-corrected chi connectivity index (χ4v) is 5.17. The molecule has 1 saturated heterocycles. The van der Waals surface area contributed by atoms with E-state index in [1.165, 1.54) is 6.42 Å². The van der Waals surface area contributed by atoms with Crippen molar-refractivity contribution in [1.29, 1.82) is 0 Å². The number of likely N-dealkylation sites (tertiary alicyclic amines) is 1. The second kappa shape index (κ2) is 7.50. The first-order valence-electron chi connectivity index (χ1n) is 8.76. The van der Waals surface area contributed by atoms with Gasteiger partial charge in [-0.1, -0.05) is 6.92 Å². The lowest BCUT2D eigenvalue weighted by Gasteiger charge is -2.32. The molecule has 0 aromatic carbocycles. The quantitative estimate of drug-likeness (QED) is 0.883. The van der Waals surface area contributed by atoms with Gasteiger partial charge in [-0.3, -0.25) is 9.59 Å². The van der Waals surface area contributed by atoms with Crippen LogP contribution in [0, 0.1) is 19.8 Å². The van der Waals surface area contributed by atoms with Crippen molar-refractivity contribution in [3.63, 3.8) is 0 Å². The minimum atomic E-state index is -0.127. The molecule has 0 spiro atoms. The van der Waals surface area contributed by atoms with E-state index in [4.69, 9.17) is 0 Å². The highest BCUT2D eigenvalue weighted by Gasteiger charge is 2.25. The highest BCUT2D eigenvalue weighted by atomic mass is 32.2. The predicted octanol–water partition coefficient (Wildman–Crippen LogP) is 3.48. The summed E-state index contributed by atoms with van der Waals surface area (Å²) in [4.78, 5) is 36.3. The summed E-state index contributed by atoms with van der Waals surface area (Å²) in [7, 11) is 0. The lowest BCUT2D eigenvalue weighted by molar-refractivity contribution is -0.131. The standard InChI is InChI=1S/C18H25N3O2S2/c1-10-6-5-7-21(8-10)18(23)13(4)24-9-14-19-16(22)15-11(2)12(3)25-17(15)20-14/h10,13H,5-9H2,1-4H3,(H,19,20,22). The van der Waals surface area contributed by atoms with Crippen molar-refractivity contribution in [1.82, 2.24) is 14.9 Å². The summed E-state index contributed by atoms with van der Waals surface area (Å²) >= 11 is 3.10. The number of aromatic amines is 1. The minimum absolute atomic E-state index is 0.0775. The molecule has 5 nitrogen and oxygen atoms in total. The van der Waals surface area contributed by atoms with Gasteiger partial charge >= 0.3 is 0 Å². The van der Waals surface area contributed by atoms with Crippen LogP contribution in [0.3, 0.4) is 0 Å². The fourth-order valence-electron chi connectivity index (χ4n) is 3.29. The Morgan fingerprint density at radius 1 is 1.48 bits per heavy atom. The Labute approximate surface area is 156 Å². The summed E-state index contributed by atoms with van der Waals surface area (Å²) in [6.45, 7) is 9.84. The van der Waals surface area contributed by atoms with Crippen LogP contribution in [0.1, 0.15) is 43.0 Å². The first-order chi connectivity index (χ1) is 11.9. The van der Waals surface area contributed by atoms with Crippen LogP contribution in [0.4, 0.5) is 0 Å². The molecule has 3 heterocycles. The summed E-state index contributed by atoms with van der Waals surface area (Å²) < 4.78 is 0. The highest BCUT2D eigenvalue weighted by Crippen LogP contribution is 2.27. The molecule has 1 N–H and O–H groups in total. The number of carbonyl (C=O) groups is 1. The maximum atomic E-state index is 12.6. The monoisotopic (exact) mass is 379 g/mol. The van der Waals surface area contributed by atoms with Gasteiger partial charge in [0.15, 0.2) is 0 Å². The van der Waals surface area contributed by atoms with E-state index in [-0.39, 0.29) is 16.7 Å². The summed E-state index contributed by atoms with van der Waals surface area (Å²) in [5.41, 5.74) is 0.932. The van der Waals surface area contributed by atoms with Crippen molar-refractivity contribution in [3.8, 4) is 0 Å². The van der Waals surface area contributed by atoms with Crippen molar-refractivity contribution in [2.24, 2.45) is 5.92 Å². The van der Waals surface area contributed by atoms with Crippen LogP contribution in [0.5, 0.6) is 0 Å². The number of nitrogens with zero attached hydrogens (tertiary/aromatic N) is 2. The van der Waals surface area contributed by atoms with Crippen molar-refractivity contribution < 1.29 is 4.79 Å². The van der Waals surface area contributed by atoms with Gasteiger partial charge in [0.1, 0.15) is 10.7 Å². The molecule has 2 unspecified atom stereocenters. The van der Waals surface area contributed by atoms with Crippen LogP contribution < -0.4 is 5.56 Å². The molecule has 136 valence electrons. The Hall–Kier alpha value is -1.34. The van der Waals surface area contributed by atoms with E-state index >= 15 is 0 Å². The summed E-state index contributed by atoms with van der Waals surface area (Å²) in [5, 5.41) is 0.570. The topological polar surface area (TPSA) is 66.1 Å². The first kappa shape index (κ1) is 18.5. The summed E-state index contributed by atoms with van der Waals surface area (Å²) in [6, 6.07) is 0. The maximum absolute atomic E-state index is 12.6. The van der Waals surface area contributed by atoms with Gasteiger partial charge in [0.25, 0.3) is 5.56 Å². The molecule has 1 aliphatic heterocycles. The number of carbonyl (C=O) groups excluding carboxylic acids is 1. The van der Waals surface area contributed by atoms with Crippen molar-refractivity contribution in [2.45, 2.75) is 51.5 Å². The first-order valence-corrected chi connectivity index (χ1v) is 10.6. The third-order valence-electron chi connectivity index (χ3n) is 4.87. The lowest BCUT2D eigenvalue weighted by atomic mass is 10.0. The van der Waals surface area contributed by atoms with Crippen LogP contribution >= 0.6 is 23.1 Å². The minimum Gasteiger partial charge on any atom is -0.341 e. The molecular formula is C18H25N3O2S2. The maximum Gasteiger partial charge on any atom is 0.259 e. The van der Waals surface area contributed by atoms with Crippen molar-refractivity contribution in [3.05, 3.63) is 26.6 Å². The van der Waals surface area contributed by atoms with Gasteiger partial charge in [-0.15, -0.1) is 23.1 Å². The van der Waals surface area contributed by atoms with Crippen LogP contribution in [-0.4, -0.2) is 39.1 Å². The molecule has 1 amide bonds. The number of aryl methyl sites for hydroxylation is 2. The zero-order valence-corrected chi connectivity index (χ0v) is 16.9. The number of piperidine rings is 1. The number of hydrogen-bond donors (Lipinski definition) is 1. The molecule has 0 aliphatic carbocycles. The Morgan fingerprint density at radius 3 is 2.96 bits per heavy atom. The molecule has 0 bridgehead atoms. The Bertz CT molecular complexity index is 843. The van der Waals surface area contributed by atoms with E-state index in [1.807, 2.05) is 25.7 Å². The normalized spacial score (nSPS) is 19.4. The van der Waals surface area contributed by atoms with Gasteiger partial charge in [-0.2, -0.15) is 0 Å². The second-order valence-corrected chi connectivity index (χ2v) is 9.49. The number of hydrogen-bond acceptors (Lipinski definition) is 5. The van der Waals surface area contributed by atoms with Gasteiger partial charge in [0.2, 0.25) is 5.91 Å². The fraction of sp³-hybridized carbons (Fsp3) is 0.611. The third-order valence-corrected chi connectivity index (χ3v) is 7.12. The number of nitrogens with one attached hydrogen (secondary N) is 1. The number of fused-ring (bicyclic) bond motifs is 1. The van der Waals surface area contributed by atoms with Crippen LogP contribution in [-0.2, 0) is 10.5 Å². The zero-order valence-electron chi connectivity index (χ0n) is 15.2. The third kappa shape index (κ3) is 3.92. The van der Waals surface area contributed by atoms with E-state index in [0.717, 1.165) is 34.8 Å². The number of H-pyrrole nitrogens is 1. The largest absolute Gasteiger partial charge is 0.341 e. The predicted molar refractivity (Wildman–Crippen MR) is 105 cm³/mol. The Morgan fingerprint density at radius 2 is 2.24 bits per heavy atom. The van der Waals surface area contributed by atoms with Crippen LogP contribution in [0.25, 0.3) is 10.2 Å². The highest BCUT2D eigenvalue weighted by molar-refractivity contribution is 7.99. The number of rotatable bonds is 4. The molecule has 3 rings (SSSR count). The van der Waals surface area contributed by atoms with E-state index in [1.54, 1.807) is 23.1 Å². The van der Waals surface area contributed by atoms with Crippen LogP contribution in [0.2, 0.25) is 0 Å². The molecule has 2 aromatic rings. The van der Waals surface area contributed by atoms with Crippen molar-refractivity contribution in [2.75, 3.05) is 13.1 Å². The Balaban J connectivity index is 1.67. The zero-order chi connectivity index (χ0) is 18.1. The number of aromatic nitrogens is 2. The lowest BCUT2D eigenvalue weighted by Crippen LogP contribution is -2.42. The smallest absolute Gasteiger partial charge is 0.259 e. The second-order valence-electron chi connectivity index (χ2n) is 6.96. The number of thioether (sulfide) groups is 1. The van der Waals surface area contributed by atoms with Gasteiger partial charge < -0.3 is 9.88 Å². The van der Waals surface area contributed by atoms with Gasteiger partial charge in [0.05, 0.1) is 16.4 Å². The number of amides is 1. The Kier molecular flexibility index (Phi) is 5.53. The molecule has 2 aromatic heterocycles. The van der Waals surface area contributed by atoms with Crippen molar-refractivity contribution >= 4 is 39.2 Å². The summed E-state index contributed by atoms with van der Waals surface area (Å²) in [5.74, 6) is 1.97. The molecule has 1 fully saturated rings. The molecular weight excluding hydrogens is 354 g/mol. The summed E-state index contributed by atoms with van der Waals surface area (Å²) in [6.07, 6.45) is 2.29.